The third-order valence-corrected chi connectivity index (χ3v) is 5.82. The van der Waals surface area contributed by atoms with Crippen LogP contribution in [0.2, 0.25) is 0 Å². The molecule has 1 aromatic carbocycles. The molecule has 1 atom stereocenters. The van der Waals surface area contributed by atoms with Crippen LogP contribution in [-0.4, -0.2) is 59.7 Å². The van der Waals surface area contributed by atoms with Crippen LogP contribution in [0, 0.1) is 0 Å². The number of ether oxygens (including phenoxy) is 1. The molecule has 2 fully saturated rings. The Morgan fingerprint density at radius 3 is 2.58 bits per heavy atom. The highest BCUT2D eigenvalue weighted by Crippen LogP contribution is 2.22. The van der Waals surface area contributed by atoms with Crippen molar-refractivity contribution >= 4 is 29.0 Å². The molecule has 9 heteroatoms. The van der Waals surface area contributed by atoms with E-state index >= 15 is 0 Å². The van der Waals surface area contributed by atoms with Gasteiger partial charge in [0.15, 0.2) is 0 Å². The zero-order chi connectivity index (χ0) is 22.5. The zero-order valence-corrected chi connectivity index (χ0v) is 18.3. The summed E-state index contributed by atoms with van der Waals surface area (Å²) in [5.41, 5.74) is 3.33. The summed E-state index contributed by atoms with van der Waals surface area (Å²) < 4.78 is 5.40. The van der Waals surface area contributed by atoms with Crippen molar-refractivity contribution in [3.05, 3.63) is 54.9 Å². The summed E-state index contributed by atoms with van der Waals surface area (Å²) >= 11 is 0. The summed E-state index contributed by atoms with van der Waals surface area (Å²) in [6.45, 7) is 4.06. The monoisotopic (exact) mass is 445 g/mol. The number of morpholine rings is 1. The molecule has 33 heavy (non-hydrogen) atoms. The maximum Gasteiger partial charge on any atom is 0.241 e. The summed E-state index contributed by atoms with van der Waals surface area (Å²) in [5, 5.41) is 9.40. The molecule has 2 aliphatic heterocycles. The minimum atomic E-state index is -0.0994. The van der Waals surface area contributed by atoms with E-state index < -0.39 is 0 Å². The molecule has 4 heterocycles. The van der Waals surface area contributed by atoms with Crippen molar-refractivity contribution in [2.45, 2.75) is 18.9 Å². The molecule has 2 aromatic heterocycles. The number of anilines is 4. The zero-order valence-electron chi connectivity index (χ0n) is 18.3. The van der Waals surface area contributed by atoms with Crippen molar-refractivity contribution in [2.75, 3.05) is 48.4 Å². The minimum absolute atomic E-state index is 0.0158. The standard InChI is InChI=1S/C24H27N7O2/c32-23(21-2-1-10-25-21)28-18-5-3-17(4-6-18)20-9-11-26-24(30-20)29-19-7-8-22(27-16-19)31-12-14-33-15-13-31/h3-9,11,16,21,25H,1-2,10,12-15H2,(H,28,32)(H,26,29,30). The van der Waals surface area contributed by atoms with E-state index in [-0.39, 0.29) is 11.9 Å². The lowest BCUT2D eigenvalue weighted by Gasteiger charge is -2.27. The fourth-order valence-electron chi connectivity index (χ4n) is 4.01. The number of hydrogen-bond acceptors (Lipinski definition) is 8. The molecule has 1 amide bonds. The van der Waals surface area contributed by atoms with Gasteiger partial charge in [0, 0.05) is 30.5 Å². The molecule has 0 spiro atoms. The number of amides is 1. The van der Waals surface area contributed by atoms with Gasteiger partial charge in [-0.3, -0.25) is 4.79 Å². The molecule has 0 saturated carbocycles. The van der Waals surface area contributed by atoms with E-state index in [1.54, 1.807) is 12.4 Å². The predicted octanol–water partition coefficient (Wildman–Crippen LogP) is 2.81. The molecule has 170 valence electrons. The van der Waals surface area contributed by atoms with Crippen LogP contribution in [0.3, 0.4) is 0 Å². The molecule has 5 rings (SSSR count). The first-order valence-electron chi connectivity index (χ1n) is 11.3. The van der Waals surface area contributed by atoms with Gasteiger partial charge in [0.05, 0.1) is 36.8 Å². The predicted molar refractivity (Wildman–Crippen MR) is 128 cm³/mol. The molecule has 2 aliphatic rings. The van der Waals surface area contributed by atoms with E-state index in [1.165, 1.54) is 0 Å². The Bertz CT molecular complexity index is 1080. The molecule has 3 aromatic rings. The fraction of sp³-hybridized carbons (Fsp3) is 0.333. The smallest absolute Gasteiger partial charge is 0.241 e. The van der Waals surface area contributed by atoms with E-state index in [0.29, 0.717) is 5.95 Å². The Labute approximate surface area is 192 Å². The number of hydrogen-bond donors (Lipinski definition) is 3. The van der Waals surface area contributed by atoms with Gasteiger partial charge in [0.25, 0.3) is 0 Å². The van der Waals surface area contributed by atoms with Crippen LogP contribution in [0.25, 0.3) is 11.3 Å². The van der Waals surface area contributed by atoms with Crippen LogP contribution < -0.4 is 20.9 Å². The summed E-state index contributed by atoms with van der Waals surface area (Å²) in [5.74, 6) is 1.45. The second-order valence-corrected chi connectivity index (χ2v) is 8.11. The van der Waals surface area contributed by atoms with Gasteiger partial charge in [0.1, 0.15) is 5.82 Å². The number of carbonyl (C=O) groups is 1. The highest BCUT2D eigenvalue weighted by Gasteiger charge is 2.21. The molecular formula is C24H27N7O2. The lowest BCUT2D eigenvalue weighted by molar-refractivity contribution is -0.117. The third-order valence-electron chi connectivity index (χ3n) is 5.82. The topological polar surface area (TPSA) is 104 Å². The van der Waals surface area contributed by atoms with Crippen molar-refractivity contribution in [1.29, 1.82) is 0 Å². The van der Waals surface area contributed by atoms with Gasteiger partial charge in [-0.1, -0.05) is 12.1 Å². The van der Waals surface area contributed by atoms with Crippen molar-refractivity contribution in [2.24, 2.45) is 0 Å². The Morgan fingerprint density at radius 1 is 1.03 bits per heavy atom. The Morgan fingerprint density at radius 2 is 1.85 bits per heavy atom. The van der Waals surface area contributed by atoms with Crippen molar-refractivity contribution in [3.8, 4) is 11.3 Å². The van der Waals surface area contributed by atoms with Gasteiger partial charge < -0.3 is 25.6 Å². The lowest BCUT2D eigenvalue weighted by atomic mass is 10.1. The van der Waals surface area contributed by atoms with Crippen LogP contribution in [0.5, 0.6) is 0 Å². The maximum absolute atomic E-state index is 12.3. The number of carbonyl (C=O) groups excluding carboxylic acids is 1. The second-order valence-electron chi connectivity index (χ2n) is 8.11. The Hall–Kier alpha value is -3.56. The van der Waals surface area contributed by atoms with Crippen LogP contribution in [-0.2, 0) is 9.53 Å². The number of nitrogens with one attached hydrogen (secondary N) is 3. The first-order chi connectivity index (χ1) is 16.2. The largest absolute Gasteiger partial charge is 0.378 e. The van der Waals surface area contributed by atoms with Crippen molar-refractivity contribution in [1.82, 2.24) is 20.3 Å². The molecular weight excluding hydrogens is 418 g/mol. The fourth-order valence-corrected chi connectivity index (χ4v) is 4.01. The third kappa shape index (κ3) is 5.27. The summed E-state index contributed by atoms with van der Waals surface area (Å²) in [4.78, 5) is 28.0. The number of rotatable bonds is 6. The van der Waals surface area contributed by atoms with Crippen LogP contribution in [0.1, 0.15) is 12.8 Å². The maximum atomic E-state index is 12.3. The van der Waals surface area contributed by atoms with Gasteiger partial charge in [-0.05, 0) is 49.7 Å². The van der Waals surface area contributed by atoms with E-state index in [9.17, 15) is 4.79 Å². The molecule has 0 aliphatic carbocycles. The average Bonchev–Trinajstić information content (AvgIpc) is 3.41. The average molecular weight is 446 g/mol. The summed E-state index contributed by atoms with van der Waals surface area (Å²) in [6.07, 6.45) is 5.43. The molecule has 9 nitrogen and oxygen atoms in total. The Balaban J connectivity index is 1.23. The van der Waals surface area contributed by atoms with Crippen LogP contribution in [0.15, 0.2) is 54.9 Å². The quantitative estimate of drug-likeness (QED) is 0.532. The second kappa shape index (κ2) is 9.93. The van der Waals surface area contributed by atoms with Gasteiger partial charge in [0.2, 0.25) is 11.9 Å². The molecule has 0 bridgehead atoms. The normalized spacial score (nSPS) is 18.2. The number of aromatic nitrogens is 3. The highest BCUT2D eigenvalue weighted by molar-refractivity contribution is 5.95. The van der Waals surface area contributed by atoms with Crippen molar-refractivity contribution < 1.29 is 9.53 Å². The molecule has 0 radical (unpaired) electrons. The number of benzene rings is 1. The van der Waals surface area contributed by atoms with Crippen LogP contribution >= 0.6 is 0 Å². The number of pyridine rings is 1. The summed E-state index contributed by atoms with van der Waals surface area (Å²) in [7, 11) is 0. The first kappa shape index (κ1) is 21.3. The van der Waals surface area contributed by atoms with Gasteiger partial charge in [-0.15, -0.1) is 0 Å². The van der Waals surface area contributed by atoms with Gasteiger partial charge in [-0.2, -0.15) is 0 Å². The first-order valence-corrected chi connectivity index (χ1v) is 11.3. The Kier molecular flexibility index (Phi) is 6.41. The van der Waals surface area contributed by atoms with E-state index in [4.69, 9.17) is 4.74 Å². The lowest BCUT2D eigenvalue weighted by Crippen LogP contribution is -2.36. The van der Waals surface area contributed by atoms with Crippen molar-refractivity contribution in [3.63, 3.8) is 0 Å². The molecule has 3 N–H and O–H groups in total. The minimum Gasteiger partial charge on any atom is -0.378 e. The van der Waals surface area contributed by atoms with E-state index in [1.807, 2.05) is 42.5 Å². The SMILES string of the molecule is O=C(Nc1ccc(-c2ccnc(Nc3ccc(N4CCOCC4)nc3)n2)cc1)C1CCCN1. The van der Waals surface area contributed by atoms with E-state index in [0.717, 1.165) is 74.1 Å². The van der Waals surface area contributed by atoms with Crippen LogP contribution in [0.4, 0.5) is 23.1 Å². The highest BCUT2D eigenvalue weighted by atomic mass is 16.5. The van der Waals surface area contributed by atoms with E-state index in [2.05, 4.69) is 35.8 Å². The summed E-state index contributed by atoms with van der Waals surface area (Å²) in [6, 6.07) is 13.4. The number of nitrogens with zero attached hydrogens (tertiary/aromatic N) is 4. The molecule has 1 unspecified atom stereocenters. The van der Waals surface area contributed by atoms with Gasteiger partial charge in [-0.25, -0.2) is 15.0 Å². The molecule has 2 saturated heterocycles. The van der Waals surface area contributed by atoms with Gasteiger partial charge >= 0.3 is 0 Å².